The molecule has 19 heteroatoms. The lowest BCUT2D eigenvalue weighted by Crippen LogP contribution is -2.66. The zero-order valence-corrected chi connectivity index (χ0v) is 60.0. The Kier molecular flexibility index (Phi) is 53.5. The Hall–Kier alpha value is -2.77. The molecule has 19 nitrogen and oxygen atoms in total. The highest BCUT2D eigenvalue weighted by molar-refractivity contribution is 5.76. The Morgan fingerprint density at radius 3 is 1.15 bits per heavy atom. The van der Waals surface area contributed by atoms with Crippen molar-refractivity contribution in [1.82, 2.24) is 5.32 Å². The molecule has 3 aliphatic heterocycles. The van der Waals surface area contributed by atoms with Crippen molar-refractivity contribution < 1.29 is 89.4 Å². The fraction of sp³-hybridized carbons (Fsp3) is 0.833. The molecule has 3 saturated heterocycles. The van der Waals surface area contributed by atoms with Crippen LogP contribution in [0.3, 0.4) is 0 Å². The second kappa shape index (κ2) is 58.7. The summed E-state index contributed by atoms with van der Waals surface area (Å²) in [5.74, 6) is -0.283. The molecule has 0 saturated carbocycles. The van der Waals surface area contributed by atoms with E-state index in [1.165, 1.54) is 186 Å². The number of unbranched alkanes of at least 4 members (excludes halogenated alkanes) is 34. The van der Waals surface area contributed by atoms with Crippen molar-refractivity contribution in [1.29, 1.82) is 0 Å². The molecule has 3 rings (SSSR count). The van der Waals surface area contributed by atoms with E-state index in [4.69, 9.17) is 28.4 Å². The predicted molar refractivity (Wildman–Crippen MR) is 383 cm³/mol. The van der Waals surface area contributed by atoms with Crippen LogP contribution in [0.1, 0.15) is 284 Å². The summed E-state index contributed by atoms with van der Waals surface area (Å²) in [4.78, 5) is 13.5. The van der Waals surface area contributed by atoms with Gasteiger partial charge < -0.3 is 89.9 Å². The second-order valence-corrected chi connectivity index (χ2v) is 27.4. The van der Waals surface area contributed by atoms with Gasteiger partial charge in [0.05, 0.1) is 38.6 Å². The van der Waals surface area contributed by atoms with Crippen LogP contribution < -0.4 is 5.32 Å². The first kappa shape index (κ1) is 88.4. The van der Waals surface area contributed by atoms with Crippen LogP contribution in [0.15, 0.2) is 72.9 Å². The number of hydrogen-bond donors (Lipinski definition) is 12. The van der Waals surface area contributed by atoms with Gasteiger partial charge in [-0.15, -0.1) is 0 Å². The van der Waals surface area contributed by atoms with Gasteiger partial charge in [0, 0.05) is 6.42 Å². The van der Waals surface area contributed by atoms with Crippen LogP contribution >= 0.6 is 0 Å². The third-order valence-corrected chi connectivity index (χ3v) is 19.0. The van der Waals surface area contributed by atoms with Crippen molar-refractivity contribution in [2.45, 2.75) is 388 Å². The number of nitrogens with one attached hydrogen (secondary N) is 1. The molecular formula is C78H139NO18. The van der Waals surface area contributed by atoms with E-state index in [0.717, 1.165) is 64.2 Å². The number of aliphatic hydroxyl groups excluding tert-OH is 11. The van der Waals surface area contributed by atoms with Gasteiger partial charge in [-0.1, -0.05) is 279 Å². The van der Waals surface area contributed by atoms with E-state index in [2.05, 4.69) is 79.9 Å². The summed E-state index contributed by atoms with van der Waals surface area (Å²) in [6.45, 7) is 1.63. The molecule has 0 aromatic rings. The van der Waals surface area contributed by atoms with E-state index in [1.807, 2.05) is 6.08 Å². The van der Waals surface area contributed by atoms with Gasteiger partial charge in [0.25, 0.3) is 0 Å². The normalized spacial score (nSPS) is 27.3. The molecule has 3 fully saturated rings. The Balaban J connectivity index is 1.38. The Morgan fingerprint density at radius 2 is 0.722 bits per heavy atom. The number of carbonyl (C=O) groups is 1. The summed E-state index contributed by atoms with van der Waals surface area (Å²) in [5.41, 5.74) is 0. The molecular weight excluding hydrogens is 1240 g/mol. The van der Waals surface area contributed by atoms with Crippen LogP contribution in [0.2, 0.25) is 0 Å². The Morgan fingerprint density at radius 1 is 0.381 bits per heavy atom. The van der Waals surface area contributed by atoms with E-state index in [0.29, 0.717) is 12.8 Å². The first-order chi connectivity index (χ1) is 47.3. The lowest BCUT2D eigenvalue weighted by Gasteiger charge is -2.48. The third kappa shape index (κ3) is 39.5. The van der Waals surface area contributed by atoms with Gasteiger partial charge >= 0.3 is 0 Å². The van der Waals surface area contributed by atoms with Crippen molar-refractivity contribution in [2.24, 2.45) is 0 Å². The minimum Gasteiger partial charge on any atom is -0.394 e. The van der Waals surface area contributed by atoms with Crippen LogP contribution in [0, 0.1) is 0 Å². The zero-order chi connectivity index (χ0) is 70.4. The monoisotopic (exact) mass is 1380 g/mol. The number of rotatable bonds is 60. The summed E-state index contributed by atoms with van der Waals surface area (Å²) >= 11 is 0. The minimum absolute atomic E-state index is 0.235. The lowest BCUT2D eigenvalue weighted by molar-refractivity contribution is -0.379. The lowest BCUT2D eigenvalue weighted by atomic mass is 9.96. The van der Waals surface area contributed by atoms with Gasteiger partial charge in [0.1, 0.15) is 73.2 Å². The largest absolute Gasteiger partial charge is 0.394 e. The average Bonchev–Trinajstić information content (AvgIpc) is 0.798. The molecule has 0 spiro atoms. The van der Waals surface area contributed by atoms with Crippen LogP contribution in [-0.4, -0.2) is 193 Å². The summed E-state index contributed by atoms with van der Waals surface area (Å²) in [6, 6.07) is -0.993. The molecule has 0 bridgehead atoms. The summed E-state index contributed by atoms with van der Waals surface area (Å²) in [7, 11) is 0. The predicted octanol–water partition coefficient (Wildman–Crippen LogP) is 12.1. The maximum atomic E-state index is 13.5. The van der Waals surface area contributed by atoms with Crippen molar-refractivity contribution >= 4 is 5.91 Å². The SMILES string of the molecule is CC/C=C\C/C=C\C/C=C\C/C=C\CCCCCCCCCCCCCCCCCCCCC(=O)NC(COC1OC(CO)C(OC2OC(CO)C(OC3OC(CO)C(O)C(O)C3O)C(O)C2O)C(O)C1O)C(O)/C=C/CC/C=C/CCCCCCCCCCCCCCCCC. The highest BCUT2D eigenvalue weighted by atomic mass is 16.8. The van der Waals surface area contributed by atoms with Crippen LogP contribution in [0.25, 0.3) is 0 Å². The van der Waals surface area contributed by atoms with E-state index in [-0.39, 0.29) is 18.9 Å². The average molecular weight is 1380 g/mol. The zero-order valence-electron chi connectivity index (χ0n) is 60.0. The number of ether oxygens (including phenoxy) is 6. The van der Waals surface area contributed by atoms with E-state index < -0.39 is 124 Å². The van der Waals surface area contributed by atoms with Crippen molar-refractivity contribution in [3.63, 3.8) is 0 Å². The molecule has 564 valence electrons. The molecule has 0 aromatic carbocycles. The summed E-state index contributed by atoms with van der Waals surface area (Å²) in [6.07, 6.45) is 48.9. The van der Waals surface area contributed by atoms with Gasteiger partial charge in [-0.2, -0.15) is 0 Å². The smallest absolute Gasteiger partial charge is 0.220 e. The Bertz CT molecular complexity index is 2040. The maximum Gasteiger partial charge on any atom is 0.220 e. The van der Waals surface area contributed by atoms with Crippen molar-refractivity contribution in [3.8, 4) is 0 Å². The minimum atomic E-state index is -1.98. The van der Waals surface area contributed by atoms with Gasteiger partial charge in [-0.05, 0) is 70.6 Å². The number of amides is 1. The van der Waals surface area contributed by atoms with E-state index >= 15 is 0 Å². The fourth-order valence-corrected chi connectivity index (χ4v) is 12.8. The highest BCUT2D eigenvalue weighted by Crippen LogP contribution is 2.33. The number of hydrogen-bond acceptors (Lipinski definition) is 18. The van der Waals surface area contributed by atoms with Crippen LogP contribution in [-0.2, 0) is 33.2 Å². The van der Waals surface area contributed by atoms with Gasteiger partial charge in [0.15, 0.2) is 18.9 Å². The summed E-state index contributed by atoms with van der Waals surface area (Å²) in [5, 5.41) is 121. The number of carbonyl (C=O) groups excluding carboxylic acids is 1. The van der Waals surface area contributed by atoms with Crippen LogP contribution in [0.5, 0.6) is 0 Å². The van der Waals surface area contributed by atoms with Gasteiger partial charge in [-0.3, -0.25) is 4.79 Å². The molecule has 97 heavy (non-hydrogen) atoms. The molecule has 0 aromatic heterocycles. The topological polar surface area (TPSA) is 307 Å². The maximum absolute atomic E-state index is 13.5. The molecule has 17 unspecified atom stereocenters. The van der Waals surface area contributed by atoms with Crippen molar-refractivity contribution in [3.05, 3.63) is 72.9 Å². The van der Waals surface area contributed by atoms with Gasteiger partial charge in [0.2, 0.25) is 5.91 Å². The quantitative estimate of drug-likeness (QED) is 0.0199. The number of allylic oxidation sites excluding steroid dienone is 11. The first-order valence-corrected chi connectivity index (χ1v) is 38.7. The molecule has 17 atom stereocenters. The van der Waals surface area contributed by atoms with Gasteiger partial charge in [-0.25, -0.2) is 0 Å². The van der Waals surface area contributed by atoms with Crippen LogP contribution in [0.4, 0.5) is 0 Å². The third-order valence-electron chi connectivity index (χ3n) is 19.0. The second-order valence-electron chi connectivity index (χ2n) is 27.4. The molecule has 0 aliphatic carbocycles. The molecule has 1 amide bonds. The highest BCUT2D eigenvalue weighted by Gasteiger charge is 2.53. The van der Waals surface area contributed by atoms with Crippen molar-refractivity contribution in [2.75, 3.05) is 26.4 Å². The van der Waals surface area contributed by atoms with E-state index in [9.17, 15) is 61.0 Å². The summed E-state index contributed by atoms with van der Waals surface area (Å²) < 4.78 is 34.4. The molecule has 12 N–H and O–H groups in total. The molecule has 3 aliphatic rings. The Labute approximate surface area is 585 Å². The fourth-order valence-electron chi connectivity index (χ4n) is 12.8. The first-order valence-electron chi connectivity index (χ1n) is 38.7. The number of aliphatic hydroxyl groups is 11. The molecule has 3 heterocycles. The standard InChI is InChI=1S/C78H139NO18/c1-3-5-7-9-11-13-15-17-19-21-23-25-26-27-28-29-30-31-32-33-34-36-38-40-42-44-46-48-50-52-54-56-66(84)79-61(62(83)55-53-51-49-47-45-43-41-39-37-35-24-22-20-18-16-14-12-10-8-6-4-2)60-92-76-72(90)69(87)74(64(58-81)94-76)97-78-73(91)70(88)75(65(59-82)95-78)96-77-71(89)68(86)67(85)63(57-80)93-77/h5,7,11,13,17,19,23,25,45,47,53,55,61-65,67-78,80-83,85-91H,3-4,6,8-10,12,14-16,18,20-22,24,26-44,46,48-52,54,56-60H2,1-2H3,(H,79,84)/b7-5-,13-11-,19-17-,25-23-,47-45+,55-53+. The molecule has 0 radical (unpaired) electrons. The van der Waals surface area contributed by atoms with E-state index in [1.54, 1.807) is 6.08 Å².